The first-order chi connectivity index (χ1) is 9.82. The van der Waals surface area contributed by atoms with Crippen LogP contribution >= 0.6 is 0 Å². The van der Waals surface area contributed by atoms with E-state index >= 15 is 0 Å². The molecule has 5 heteroatoms. The molecule has 2 unspecified atom stereocenters. The number of ether oxygens (including phenoxy) is 1. The Morgan fingerprint density at radius 1 is 1.35 bits per heavy atom. The highest BCUT2D eigenvalue weighted by molar-refractivity contribution is 5.08. The van der Waals surface area contributed by atoms with Gasteiger partial charge in [0.25, 0.3) is 0 Å². The summed E-state index contributed by atoms with van der Waals surface area (Å²) < 4.78 is 11.3. The monoisotopic (exact) mass is 279 g/mol. The molecule has 0 aliphatic carbocycles. The van der Waals surface area contributed by atoms with Crippen molar-refractivity contribution in [3.05, 3.63) is 11.7 Å². The molecule has 2 aliphatic rings. The summed E-state index contributed by atoms with van der Waals surface area (Å²) in [4.78, 5) is 4.67. The molecule has 5 nitrogen and oxygen atoms in total. The van der Waals surface area contributed by atoms with Crippen LogP contribution in [-0.4, -0.2) is 35.9 Å². The quantitative estimate of drug-likeness (QED) is 0.915. The number of aromatic nitrogens is 2. The molecule has 0 bridgehead atoms. The van der Waals surface area contributed by atoms with Crippen LogP contribution in [0.15, 0.2) is 4.52 Å². The largest absolute Gasteiger partial charge is 0.378 e. The van der Waals surface area contributed by atoms with Gasteiger partial charge in [-0.05, 0) is 45.1 Å². The molecule has 3 heterocycles. The first-order valence-corrected chi connectivity index (χ1v) is 7.98. The minimum Gasteiger partial charge on any atom is -0.378 e. The van der Waals surface area contributed by atoms with Crippen LogP contribution in [0.4, 0.5) is 0 Å². The topological polar surface area (TPSA) is 60.2 Å². The molecule has 2 fully saturated rings. The second-order valence-corrected chi connectivity index (χ2v) is 6.12. The SMILES string of the molecule is CCC1(c2nc(CC3CCCCO3)no2)CCCNC1. The third kappa shape index (κ3) is 2.88. The maximum atomic E-state index is 5.75. The molecule has 0 amide bonds. The number of piperidine rings is 1. The normalized spacial score (nSPS) is 31.4. The lowest BCUT2D eigenvalue weighted by Crippen LogP contribution is -2.43. The van der Waals surface area contributed by atoms with E-state index in [1.165, 1.54) is 19.3 Å². The molecule has 2 saturated heterocycles. The van der Waals surface area contributed by atoms with Gasteiger partial charge in [0.15, 0.2) is 5.82 Å². The van der Waals surface area contributed by atoms with Crippen LogP contribution in [-0.2, 0) is 16.6 Å². The van der Waals surface area contributed by atoms with E-state index in [1.54, 1.807) is 0 Å². The van der Waals surface area contributed by atoms with E-state index in [0.717, 1.165) is 57.1 Å². The van der Waals surface area contributed by atoms with Gasteiger partial charge in [-0.15, -0.1) is 0 Å². The van der Waals surface area contributed by atoms with E-state index in [2.05, 4.69) is 22.4 Å². The van der Waals surface area contributed by atoms with Crippen molar-refractivity contribution in [1.29, 1.82) is 0 Å². The summed E-state index contributed by atoms with van der Waals surface area (Å²) in [6.07, 6.45) is 7.96. The van der Waals surface area contributed by atoms with Gasteiger partial charge in [-0.1, -0.05) is 12.1 Å². The summed E-state index contributed by atoms with van der Waals surface area (Å²) in [6.45, 7) is 5.13. The number of hydrogen-bond acceptors (Lipinski definition) is 5. The molecule has 0 spiro atoms. The van der Waals surface area contributed by atoms with E-state index in [-0.39, 0.29) is 11.5 Å². The summed E-state index contributed by atoms with van der Waals surface area (Å²) in [5, 5.41) is 7.65. The molecule has 1 aromatic rings. The van der Waals surface area contributed by atoms with Crippen molar-refractivity contribution in [1.82, 2.24) is 15.5 Å². The second kappa shape index (κ2) is 6.22. The zero-order chi connectivity index (χ0) is 13.8. The highest BCUT2D eigenvalue weighted by Gasteiger charge is 2.37. The van der Waals surface area contributed by atoms with Gasteiger partial charge in [0.05, 0.1) is 11.5 Å². The van der Waals surface area contributed by atoms with Crippen LogP contribution in [0.3, 0.4) is 0 Å². The first kappa shape index (κ1) is 14.0. The van der Waals surface area contributed by atoms with Gasteiger partial charge in [-0.3, -0.25) is 0 Å². The molecule has 1 aromatic heterocycles. The van der Waals surface area contributed by atoms with E-state index in [0.29, 0.717) is 0 Å². The number of nitrogens with zero attached hydrogens (tertiary/aromatic N) is 2. The molecule has 0 saturated carbocycles. The van der Waals surface area contributed by atoms with Gasteiger partial charge in [0.2, 0.25) is 5.89 Å². The summed E-state index contributed by atoms with van der Waals surface area (Å²) in [5.74, 6) is 1.63. The second-order valence-electron chi connectivity index (χ2n) is 6.12. The molecule has 1 N–H and O–H groups in total. The van der Waals surface area contributed by atoms with Gasteiger partial charge < -0.3 is 14.6 Å². The van der Waals surface area contributed by atoms with Crippen molar-refractivity contribution < 1.29 is 9.26 Å². The molecular weight excluding hydrogens is 254 g/mol. The molecule has 112 valence electrons. The lowest BCUT2D eigenvalue weighted by atomic mass is 9.78. The van der Waals surface area contributed by atoms with Crippen LogP contribution < -0.4 is 5.32 Å². The number of nitrogens with one attached hydrogen (secondary N) is 1. The Kier molecular flexibility index (Phi) is 4.36. The van der Waals surface area contributed by atoms with E-state index in [1.807, 2.05) is 0 Å². The minimum atomic E-state index is 0.0386. The van der Waals surface area contributed by atoms with Crippen LogP contribution in [0.2, 0.25) is 0 Å². The fourth-order valence-corrected chi connectivity index (χ4v) is 3.33. The minimum absolute atomic E-state index is 0.0386. The average Bonchev–Trinajstić information content (AvgIpc) is 2.98. The maximum absolute atomic E-state index is 5.75. The summed E-state index contributed by atoms with van der Waals surface area (Å²) in [6, 6.07) is 0. The molecule has 3 rings (SSSR count). The van der Waals surface area contributed by atoms with Gasteiger partial charge in [0.1, 0.15) is 0 Å². The van der Waals surface area contributed by atoms with Gasteiger partial charge >= 0.3 is 0 Å². The highest BCUT2D eigenvalue weighted by atomic mass is 16.5. The van der Waals surface area contributed by atoms with Crippen molar-refractivity contribution in [3.63, 3.8) is 0 Å². The van der Waals surface area contributed by atoms with Crippen molar-refractivity contribution >= 4 is 0 Å². The molecule has 2 aliphatic heterocycles. The molecule has 2 atom stereocenters. The zero-order valence-corrected chi connectivity index (χ0v) is 12.4. The van der Waals surface area contributed by atoms with Crippen molar-refractivity contribution in [2.75, 3.05) is 19.7 Å². The Labute approximate surface area is 120 Å². The van der Waals surface area contributed by atoms with E-state index < -0.39 is 0 Å². The Morgan fingerprint density at radius 3 is 3.00 bits per heavy atom. The molecular formula is C15H25N3O2. The lowest BCUT2D eigenvalue weighted by molar-refractivity contribution is 0.0153. The lowest BCUT2D eigenvalue weighted by Gasteiger charge is -2.33. The fraction of sp³-hybridized carbons (Fsp3) is 0.867. The van der Waals surface area contributed by atoms with Crippen LogP contribution in [0.25, 0.3) is 0 Å². The maximum Gasteiger partial charge on any atom is 0.234 e. The summed E-state index contributed by atoms with van der Waals surface area (Å²) >= 11 is 0. The zero-order valence-electron chi connectivity index (χ0n) is 12.4. The summed E-state index contributed by atoms with van der Waals surface area (Å²) in [5.41, 5.74) is 0.0386. The highest BCUT2D eigenvalue weighted by Crippen LogP contribution is 2.33. The Balaban J connectivity index is 1.68. The van der Waals surface area contributed by atoms with Crippen molar-refractivity contribution in [3.8, 4) is 0 Å². The van der Waals surface area contributed by atoms with Crippen LogP contribution in [0.1, 0.15) is 57.2 Å². The Hall–Kier alpha value is -0.940. The van der Waals surface area contributed by atoms with Crippen LogP contribution in [0.5, 0.6) is 0 Å². The number of rotatable bonds is 4. The van der Waals surface area contributed by atoms with Crippen molar-refractivity contribution in [2.45, 2.75) is 63.4 Å². The first-order valence-electron chi connectivity index (χ1n) is 7.98. The predicted octanol–water partition coefficient (Wildman–Crippen LogP) is 2.21. The third-order valence-electron chi connectivity index (χ3n) is 4.76. The summed E-state index contributed by atoms with van der Waals surface area (Å²) in [7, 11) is 0. The molecule has 20 heavy (non-hydrogen) atoms. The Morgan fingerprint density at radius 2 is 2.30 bits per heavy atom. The molecule has 0 aromatic carbocycles. The van der Waals surface area contributed by atoms with Gasteiger partial charge in [0, 0.05) is 19.6 Å². The molecule has 0 radical (unpaired) electrons. The third-order valence-corrected chi connectivity index (χ3v) is 4.76. The number of hydrogen-bond donors (Lipinski definition) is 1. The predicted molar refractivity (Wildman–Crippen MR) is 75.7 cm³/mol. The van der Waals surface area contributed by atoms with Crippen LogP contribution in [0, 0.1) is 0 Å². The van der Waals surface area contributed by atoms with Gasteiger partial charge in [-0.2, -0.15) is 4.98 Å². The van der Waals surface area contributed by atoms with E-state index in [4.69, 9.17) is 9.26 Å². The standard InChI is InChI=1S/C15H25N3O2/c1-2-15(7-5-8-16-11-15)14-17-13(18-20-14)10-12-6-3-4-9-19-12/h12,16H,2-11H2,1H3. The smallest absolute Gasteiger partial charge is 0.234 e. The Bertz CT molecular complexity index is 421. The average molecular weight is 279 g/mol. The van der Waals surface area contributed by atoms with Crippen molar-refractivity contribution in [2.24, 2.45) is 0 Å². The fourth-order valence-electron chi connectivity index (χ4n) is 3.33. The van der Waals surface area contributed by atoms with Gasteiger partial charge in [-0.25, -0.2) is 0 Å². The van der Waals surface area contributed by atoms with E-state index in [9.17, 15) is 0 Å².